The molecule has 0 radical (unpaired) electrons. The van der Waals surface area contributed by atoms with Gasteiger partial charge in [0.1, 0.15) is 0 Å². The van der Waals surface area contributed by atoms with Gasteiger partial charge in [-0.05, 0) is 19.4 Å². The van der Waals surface area contributed by atoms with E-state index >= 15 is 0 Å². The highest BCUT2D eigenvalue weighted by molar-refractivity contribution is 5.85. The predicted octanol–water partition coefficient (Wildman–Crippen LogP) is 0.230. The van der Waals surface area contributed by atoms with Crippen molar-refractivity contribution in [1.29, 1.82) is 0 Å². The normalized spacial score (nSPS) is 14.6. The lowest BCUT2D eigenvalue weighted by Crippen LogP contribution is -2.36. The van der Waals surface area contributed by atoms with Crippen molar-refractivity contribution in [3.63, 3.8) is 0 Å². The molecule has 4 nitrogen and oxygen atoms in total. The van der Waals surface area contributed by atoms with Crippen LogP contribution in [-0.4, -0.2) is 29.3 Å². The molecule has 1 unspecified atom stereocenters. The molecule has 4 N–H and O–H groups in total. The summed E-state index contributed by atoms with van der Waals surface area (Å²) in [5.74, 6) is -0.965. The van der Waals surface area contributed by atoms with Crippen molar-refractivity contribution in [3.05, 3.63) is 0 Å². The van der Waals surface area contributed by atoms with Gasteiger partial charge in [-0.15, -0.1) is 12.4 Å². The Morgan fingerprint density at radius 3 is 2.17 bits per heavy atom. The van der Waals surface area contributed by atoms with Crippen molar-refractivity contribution in [3.8, 4) is 0 Å². The molecule has 74 valence electrons. The van der Waals surface area contributed by atoms with E-state index in [0.29, 0.717) is 19.4 Å². The Kier molecular flexibility index (Phi) is 7.37. The number of carbonyl (C=O) groups is 1. The van der Waals surface area contributed by atoms with Crippen molar-refractivity contribution in [2.75, 3.05) is 13.2 Å². The molecule has 0 rings (SSSR count). The van der Waals surface area contributed by atoms with Crippen molar-refractivity contribution in [1.82, 2.24) is 0 Å². The van der Waals surface area contributed by atoms with E-state index in [0.717, 1.165) is 0 Å². The third kappa shape index (κ3) is 2.97. The minimum Gasteiger partial charge on any atom is -0.481 e. The van der Waals surface area contributed by atoms with Crippen LogP contribution < -0.4 is 5.73 Å². The van der Waals surface area contributed by atoms with Crippen LogP contribution >= 0.6 is 12.4 Å². The topological polar surface area (TPSA) is 83.5 Å². The number of carboxylic acid groups (broad SMARTS) is 1. The highest BCUT2D eigenvalue weighted by Crippen LogP contribution is 2.25. The van der Waals surface area contributed by atoms with Gasteiger partial charge in [-0.25, -0.2) is 0 Å². The minimum atomic E-state index is -1.02. The summed E-state index contributed by atoms with van der Waals surface area (Å²) in [7, 11) is 0. The molecule has 0 aliphatic rings. The zero-order chi connectivity index (χ0) is 8.91. The van der Waals surface area contributed by atoms with Gasteiger partial charge in [-0.2, -0.15) is 0 Å². The second-order valence-corrected chi connectivity index (χ2v) is 2.64. The van der Waals surface area contributed by atoms with Crippen LogP contribution in [0.1, 0.15) is 19.8 Å². The summed E-state index contributed by atoms with van der Waals surface area (Å²) in [6.45, 7) is 1.69. The molecule has 0 aliphatic heterocycles. The second kappa shape index (κ2) is 6.22. The summed E-state index contributed by atoms with van der Waals surface area (Å²) in [5, 5.41) is 17.6. The fourth-order valence-corrected chi connectivity index (χ4v) is 0.970. The number of hydrogen-bond donors (Lipinski definition) is 3. The van der Waals surface area contributed by atoms with Crippen molar-refractivity contribution in [2.45, 2.75) is 19.8 Å². The molecule has 0 amide bonds. The molecule has 0 aromatic heterocycles. The molecule has 1 atom stereocenters. The molecule has 0 spiro atoms. The first-order valence-corrected chi connectivity index (χ1v) is 3.67. The van der Waals surface area contributed by atoms with Gasteiger partial charge in [0.2, 0.25) is 0 Å². The molecule has 0 aromatic carbocycles. The number of rotatable bonds is 5. The Morgan fingerprint density at radius 1 is 1.58 bits per heavy atom. The highest BCUT2D eigenvalue weighted by Gasteiger charge is 2.34. The number of aliphatic carboxylic acids is 1. The number of carboxylic acids is 1. The van der Waals surface area contributed by atoms with Gasteiger partial charge in [-0.1, -0.05) is 6.92 Å². The molecule has 0 aliphatic carbocycles. The standard InChI is InChI=1S/C7H15NO3.ClH/c1-2-7(5-9,3-4-8)6(10)11;/h9H,2-5,8H2,1H3,(H,10,11);1H. The minimum absolute atomic E-state index is 0. The Hall–Kier alpha value is -0.320. The average molecular weight is 198 g/mol. The van der Waals surface area contributed by atoms with Crippen LogP contribution in [-0.2, 0) is 4.79 Å². The number of halogens is 1. The van der Waals surface area contributed by atoms with Crippen LogP contribution in [0.5, 0.6) is 0 Å². The van der Waals surface area contributed by atoms with Crippen LogP contribution in [0.3, 0.4) is 0 Å². The molecule has 0 bridgehead atoms. The van der Waals surface area contributed by atoms with Crippen molar-refractivity contribution in [2.24, 2.45) is 11.1 Å². The van der Waals surface area contributed by atoms with Gasteiger partial charge in [0.15, 0.2) is 0 Å². The Morgan fingerprint density at radius 2 is 2.08 bits per heavy atom. The molecule has 12 heavy (non-hydrogen) atoms. The van der Waals surface area contributed by atoms with Crippen molar-refractivity contribution < 1.29 is 15.0 Å². The van der Waals surface area contributed by atoms with E-state index in [1.165, 1.54) is 0 Å². The first-order chi connectivity index (χ1) is 5.13. The maximum atomic E-state index is 10.7. The molecule has 0 saturated heterocycles. The summed E-state index contributed by atoms with van der Waals surface area (Å²) < 4.78 is 0. The molecule has 0 saturated carbocycles. The third-order valence-electron chi connectivity index (χ3n) is 2.06. The largest absolute Gasteiger partial charge is 0.481 e. The van der Waals surface area contributed by atoms with Gasteiger partial charge in [-0.3, -0.25) is 4.79 Å². The fraction of sp³-hybridized carbons (Fsp3) is 0.857. The summed E-state index contributed by atoms with van der Waals surface area (Å²) >= 11 is 0. The molecular formula is C7H16ClNO3. The summed E-state index contributed by atoms with van der Waals surface area (Å²) in [6.07, 6.45) is 0.741. The van der Waals surface area contributed by atoms with E-state index in [-0.39, 0.29) is 19.0 Å². The average Bonchev–Trinajstić information content (AvgIpc) is 2.00. The number of hydrogen-bond acceptors (Lipinski definition) is 3. The number of nitrogens with two attached hydrogens (primary N) is 1. The maximum absolute atomic E-state index is 10.7. The van der Waals surface area contributed by atoms with Gasteiger partial charge < -0.3 is 15.9 Å². The zero-order valence-corrected chi connectivity index (χ0v) is 7.93. The lowest BCUT2D eigenvalue weighted by Gasteiger charge is -2.24. The van der Waals surface area contributed by atoms with E-state index in [2.05, 4.69) is 0 Å². The van der Waals surface area contributed by atoms with E-state index in [1.54, 1.807) is 6.92 Å². The Balaban J connectivity index is 0. The molecular weight excluding hydrogens is 182 g/mol. The summed E-state index contributed by atoms with van der Waals surface area (Å²) in [5.41, 5.74) is 4.21. The van der Waals surface area contributed by atoms with Gasteiger partial charge in [0, 0.05) is 0 Å². The molecule has 0 aromatic rings. The van der Waals surface area contributed by atoms with E-state index in [9.17, 15) is 4.79 Å². The van der Waals surface area contributed by atoms with Gasteiger partial charge in [0.05, 0.1) is 12.0 Å². The Labute approximate surface area is 78.2 Å². The lowest BCUT2D eigenvalue weighted by molar-refractivity contribution is -0.152. The van der Waals surface area contributed by atoms with Crippen LogP contribution in [0.25, 0.3) is 0 Å². The first kappa shape index (κ1) is 14.2. The Bertz CT molecular complexity index is 137. The second-order valence-electron chi connectivity index (χ2n) is 2.64. The molecule has 0 heterocycles. The monoisotopic (exact) mass is 197 g/mol. The predicted molar refractivity (Wildman–Crippen MR) is 48.4 cm³/mol. The molecule has 5 heteroatoms. The van der Waals surface area contributed by atoms with Gasteiger partial charge in [0.25, 0.3) is 0 Å². The number of aliphatic hydroxyl groups is 1. The van der Waals surface area contributed by atoms with Crippen LogP contribution in [0, 0.1) is 5.41 Å². The van der Waals surface area contributed by atoms with Crippen LogP contribution in [0.2, 0.25) is 0 Å². The third-order valence-corrected chi connectivity index (χ3v) is 2.06. The van der Waals surface area contributed by atoms with E-state index in [1.807, 2.05) is 0 Å². The van der Waals surface area contributed by atoms with Crippen molar-refractivity contribution >= 4 is 18.4 Å². The summed E-state index contributed by atoms with van der Waals surface area (Å²) in [4.78, 5) is 10.7. The lowest BCUT2D eigenvalue weighted by atomic mass is 9.83. The quantitative estimate of drug-likeness (QED) is 0.589. The first-order valence-electron chi connectivity index (χ1n) is 3.67. The zero-order valence-electron chi connectivity index (χ0n) is 7.12. The van der Waals surface area contributed by atoms with Gasteiger partial charge >= 0.3 is 5.97 Å². The fourth-order valence-electron chi connectivity index (χ4n) is 0.970. The summed E-state index contributed by atoms with van der Waals surface area (Å²) in [6, 6.07) is 0. The van der Waals surface area contributed by atoms with E-state index in [4.69, 9.17) is 15.9 Å². The van der Waals surface area contributed by atoms with Crippen LogP contribution in [0.15, 0.2) is 0 Å². The SMILES string of the molecule is CCC(CO)(CCN)C(=O)O.Cl. The van der Waals surface area contributed by atoms with E-state index < -0.39 is 11.4 Å². The van der Waals surface area contributed by atoms with Crippen LogP contribution in [0.4, 0.5) is 0 Å². The number of aliphatic hydroxyl groups excluding tert-OH is 1. The highest BCUT2D eigenvalue weighted by atomic mass is 35.5. The smallest absolute Gasteiger partial charge is 0.312 e. The molecule has 0 fully saturated rings. The maximum Gasteiger partial charge on any atom is 0.312 e.